The molecule has 0 unspecified atom stereocenters. The van der Waals surface area contributed by atoms with E-state index in [1.165, 1.54) is 36.1 Å². The molecule has 3 nitrogen and oxygen atoms in total. The van der Waals surface area contributed by atoms with Crippen LogP contribution in [0.25, 0.3) is 27.2 Å². The summed E-state index contributed by atoms with van der Waals surface area (Å²) in [5.74, 6) is -0.0625. The van der Waals surface area contributed by atoms with E-state index in [0.717, 1.165) is 11.1 Å². The predicted octanol–water partition coefficient (Wildman–Crippen LogP) is 5.42. The summed E-state index contributed by atoms with van der Waals surface area (Å²) in [6.45, 7) is 2.85. The van der Waals surface area contributed by atoms with Gasteiger partial charge in [0.1, 0.15) is 0 Å². The summed E-state index contributed by atoms with van der Waals surface area (Å²) >= 11 is 0. The SMILES string of the molecule is CC(=O)C=C(C)O.[Ir].[c-]1ccc2ccccc2c1-n1[c-]c2ccccc2c1. The standard InChI is InChI=1S/C18H11N.C5H8O2.Ir/c1-2-8-16-13-19(12-15(16)7-1)18-11-5-9-14-6-3-4-10-17(14)18;1-4(6)3-5(2)7;/h1-10,12H;3,6H,1-2H3;/q-2;;. The van der Waals surface area contributed by atoms with Crippen molar-refractivity contribution in [1.29, 1.82) is 0 Å². The number of carbonyl (C=O) groups excluding carboxylic acids is 1. The van der Waals surface area contributed by atoms with Gasteiger partial charge in [-0.1, -0.05) is 48.0 Å². The summed E-state index contributed by atoms with van der Waals surface area (Å²) in [5.41, 5.74) is 1.05. The van der Waals surface area contributed by atoms with Gasteiger partial charge < -0.3 is 9.67 Å². The molecule has 1 aromatic heterocycles. The summed E-state index contributed by atoms with van der Waals surface area (Å²) in [6, 6.07) is 24.0. The van der Waals surface area contributed by atoms with Crippen LogP contribution >= 0.6 is 0 Å². The van der Waals surface area contributed by atoms with Crippen molar-refractivity contribution in [3.63, 3.8) is 0 Å². The van der Waals surface area contributed by atoms with Crippen LogP contribution in [0.15, 0.2) is 78.7 Å². The Labute approximate surface area is 172 Å². The minimum atomic E-state index is -0.125. The molecule has 4 aromatic rings. The molecule has 0 bridgehead atoms. The van der Waals surface area contributed by atoms with Gasteiger partial charge >= 0.3 is 0 Å². The van der Waals surface area contributed by atoms with E-state index in [-0.39, 0.29) is 31.6 Å². The smallest absolute Gasteiger partial charge is 0.155 e. The Morgan fingerprint density at radius 1 is 1.00 bits per heavy atom. The molecule has 0 aliphatic rings. The molecule has 0 saturated heterocycles. The van der Waals surface area contributed by atoms with Crippen molar-refractivity contribution < 1.29 is 30.0 Å². The predicted molar refractivity (Wildman–Crippen MR) is 106 cm³/mol. The van der Waals surface area contributed by atoms with Crippen LogP contribution in [0.2, 0.25) is 0 Å². The number of hydrogen-bond donors (Lipinski definition) is 1. The number of hydrogen-bond acceptors (Lipinski definition) is 2. The van der Waals surface area contributed by atoms with Crippen LogP contribution in [0.4, 0.5) is 0 Å². The largest absolute Gasteiger partial charge is 0.512 e. The molecule has 0 amide bonds. The summed E-state index contributed by atoms with van der Waals surface area (Å²) in [6.07, 6.45) is 6.66. The van der Waals surface area contributed by atoms with E-state index < -0.39 is 0 Å². The Balaban J connectivity index is 0.000000285. The molecule has 1 radical (unpaired) electrons. The monoisotopic (exact) mass is 534 g/mol. The van der Waals surface area contributed by atoms with Gasteiger partial charge in [0.2, 0.25) is 0 Å². The molecule has 0 saturated carbocycles. The number of carbonyl (C=O) groups is 1. The van der Waals surface area contributed by atoms with E-state index in [1.54, 1.807) is 0 Å². The number of ketones is 1. The van der Waals surface area contributed by atoms with Crippen LogP contribution in [-0.2, 0) is 24.9 Å². The first-order valence-electron chi connectivity index (χ1n) is 8.31. The van der Waals surface area contributed by atoms with Gasteiger partial charge in [-0.2, -0.15) is 18.2 Å². The fourth-order valence-electron chi connectivity index (χ4n) is 2.77. The maximum absolute atomic E-state index is 10.0. The van der Waals surface area contributed by atoms with Gasteiger partial charge in [-0.3, -0.25) is 4.79 Å². The third-order valence-electron chi connectivity index (χ3n) is 3.82. The maximum Gasteiger partial charge on any atom is 0.155 e. The number of allylic oxidation sites excluding steroid dienone is 2. The Bertz CT molecular complexity index is 1050. The number of aromatic nitrogens is 1. The van der Waals surface area contributed by atoms with Crippen LogP contribution in [0.5, 0.6) is 0 Å². The maximum atomic E-state index is 10.0. The van der Waals surface area contributed by atoms with E-state index in [4.69, 9.17) is 5.11 Å². The summed E-state index contributed by atoms with van der Waals surface area (Å²) < 4.78 is 2.03. The van der Waals surface area contributed by atoms with Crippen molar-refractivity contribution in [3.8, 4) is 5.69 Å². The van der Waals surface area contributed by atoms with E-state index in [2.05, 4.69) is 60.9 Å². The van der Waals surface area contributed by atoms with Crippen molar-refractivity contribution in [2.24, 2.45) is 0 Å². The second-order valence-corrected chi connectivity index (χ2v) is 6.01. The summed E-state index contributed by atoms with van der Waals surface area (Å²) in [5, 5.41) is 13.1. The number of fused-ring (bicyclic) bond motifs is 2. The molecule has 0 fully saturated rings. The Kier molecular flexibility index (Phi) is 7.11. The van der Waals surface area contributed by atoms with E-state index in [1.807, 2.05) is 22.8 Å². The molecular formula is C23H19IrNO2-2. The average molecular weight is 534 g/mol. The number of benzene rings is 3. The molecular weight excluding hydrogens is 514 g/mol. The van der Waals surface area contributed by atoms with Crippen molar-refractivity contribution >= 4 is 27.3 Å². The number of aliphatic hydroxyl groups is 1. The Hall–Kier alpha value is -2.68. The second-order valence-electron chi connectivity index (χ2n) is 6.01. The molecule has 4 rings (SSSR count). The Morgan fingerprint density at radius 2 is 1.67 bits per heavy atom. The zero-order valence-electron chi connectivity index (χ0n) is 15.1. The summed E-state index contributed by atoms with van der Waals surface area (Å²) in [7, 11) is 0. The van der Waals surface area contributed by atoms with Crippen molar-refractivity contribution in [2.45, 2.75) is 13.8 Å². The topological polar surface area (TPSA) is 42.2 Å². The van der Waals surface area contributed by atoms with Crippen LogP contribution < -0.4 is 0 Å². The molecule has 0 aliphatic carbocycles. The zero-order chi connectivity index (χ0) is 18.5. The molecule has 1 heterocycles. The molecule has 1 N–H and O–H groups in total. The minimum absolute atomic E-state index is 0. The van der Waals surface area contributed by atoms with Crippen molar-refractivity contribution in [1.82, 2.24) is 4.57 Å². The first kappa shape index (κ1) is 20.6. The number of aliphatic hydroxyl groups excluding tert-OH is 1. The van der Waals surface area contributed by atoms with Crippen LogP contribution in [0, 0.1) is 12.3 Å². The fraction of sp³-hybridized carbons (Fsp3) is 0.0870. The van der Waals surface area contributed by atoms with E-state index >= 15 is 0 Å². The van der Waals surface area contributed by atoms with Crippen molar-refractivity contribution in [2.75, 3.05) is 0 Å². The molecule has 0 atom stereocenters. The average Bonchev–Trinajstić information content (AvgIpc) is 3.04. The first-order chi connectivity index (χ1) is 12.5. The van der Waals surface area contributed by atoms with Gasteiger partial charge in [0.05, 0.1) is 5.76 Å². The van der Waals surface area contributed by atoms with Gasteiger partial charge in [0.15, 0.2) is 5.78 Å². The Morgan fingerprint density at radius 3 is 2.30 bits per heavy atom. The van der Waals surface area contributed by atoms with Crippen molar-refractivity contribution in [3.05, 3.63) is 91.0 Å². The first-order valence-corrected chi connectivity index (χ1v) is 8.31. The van der Waals surface area contributed by atoms with Gasteiger partial charge in [0, 0.05) is 26.2 Å². The van der Waals surface area contributed by atoms with Gasteiger partial charge in [-0.25, -0.2) is 0 Å². The number of rotatable bonds is 2. The van der Waals surface area contributed by atoms with Crippen LogP contribution in [0.1, 0.15) is 13.8 Å². The summed E-state index contributed by atoms with van der Waals surface area (Å²) in [4.78, 5) is 10.0. The van der Waals surface area contributed by atoms with E-state index in [9.17, 15) is 4.79 Å². The second kappa shape index (κ2) is 9.31. The molecule has 0 aliphatic heterocycles. The van der Waals surface area contributed by atoms with Gasteiger partial charge in [-0.15, -0.1) is 34.0 Å². The minimum Gasteiger partial charge on any atom is -0.512 e. The molecule has 27 heavy (non-hydrogen) atoms. The van der Waals surface area contributed by atoms with Crippen LogP contribution in [0.3, 0.4) is 0 Å². The zero-order valence-corrected chi connectivity index (χ0v) is 17.5. The molecule has 3 aromatic carbocycles. The third-order valence-corrected chi connectivity index (χ3v) is 3.82. The molecule has 0 spiro atoms. The molecule has 4 heteroatoms. The van der Waals surface area contributed by atoms with Gasteiger partial charge in [0.25, 0.3) is 0 Å². The molecule has 139 valence electrons. The van der Waals surface area contributed by atoms with Gasteiger partial charge in [-0.05, 0) is 20.0 Å². The van der Waals surface area contributed by atoms with E-state index in [0.29, 0.717) is 0 Å². The third kappa shape index (κ3) is 5.16. The normalized spacial score (nSPS) is 10.8. The van der Waals surface area contributed by atoms with Crippen LogP contribution in [-0.4, -0.2) is 15.5 Å². The number of nitrogens with zero attached hydrogens (tertiary/aromatic N) is 1. The fourth-order valence-corrected chi connectivity index (χ4v) is 2.77. The quantitative estimate of drug-likeness (QED) is 0.213.